The number of benzene rings is 1. The molecular formula is C17H21BrN2O. The van der Waals surface area contributed by atoms with E-state index >= 15 is 0 Å². The average Bonchev–Trinajstić information content (AvgIpc) is 2.45. The normalized spacial score (nSPS) is 10.9. The predicted octanol–water partition coefficient (Wildman–Crippen LogP) is 4.23. The Morgan fingerprint density at radius 1 is 1.19 bits per heavy atom. The molecule has 2 rings (SSSR count). The summed E-state index contributed by atoms with van der Waals surface area (Å²) in [6.45, 7) is 7.56. The molecule has 4 heteroatoms. The van der Waals surface area contributed by atoms with E-state index in [4.69, 9.17) is 4.74 Å². The highest BCUT2D eigenvalue weighted by Gasteiger charge is 2.04. The van der Waals surface area contributed by atoms with Crippen LogP contribution in [0.5, 0.6) is 5.75 Å². The van der Waals surface area contributed by atoms with E-state index in [-0.39, 0.29) is 0 Å². The van der Waals surface area contributed by atoms with E-state index in [1.54, 1.807) is 0 Å². The molecule has 0 aliphatic rings. The summed E-state index contributed by atoms with van der Waals surface area (Å²) in [5.41, 5.74) is 3.17. The maximum Gasteiger partial charge on any atom is 0.134 e. The zero-order chi connectivity index (χ0) is 15.2. The standard InChI is InChI=1S/C17H21BrN2O/c1-12(2)19-10-14-5-4-6-15(20-14)11-21-17-8-7-13(3)9-16(17)18/h4-9,12,19H,10-11H2,1-3H3. The van der Waals surface area contributed by atoms with Crippen molar-refractivity contribution in [2.45, 2.75) is 40.0 Å². The first kappa shape index (κ1) is 16.0. The Bertz CT molecular complexity index is 599. The maximum absolute atomic E-state index is 5.83. The minimum Gasteiger partial charge on any atom is -0.486 e. The monoisotopic (exact) mass is 348 g/mol. The van der Waals surface area contributed by atoms with Gasteiger partial charge in [0.2, 0.25) is 0 Å². The molecule has 2 aromatic rings. The number of hydrogen-bond acceptors (Lipinski definition) is 3. The third-order valence-corrected chi connectivity index (χ3v) is 3.64. The summed E-state index contributed by atoms with van der Waals surface area (Å²) in [6, 6.07) is 12.6. The van der Waals surface area contributed by atoms with Crippen molar-refractivity contribution in [3.8, 4) is 5.75 Å². The molecule has 3 nitrogen and oxygen atoms in total. The van der Waals surface area contributed by atoms with Gasteiger partial charge in [0.15, 0.2) is 0 Å². The Balaban J connectivity index is 1.98. The summed E-state index contributed by atoms with van der Waals surface area (Å²) >= 11 is 3.52. The number of rotatable bonds is 6. The molecule has 0 atom stereocenters. The molecule has 0 unspecified atom stereocenters. The number of nitrogens with one attached hydrogen (secondary N) is 1. The number of pyridine rings is 1. The van der Waals surface area contributed by atoms with Crippen LogP contribution in [0.4, 0.5) is 0 Å². The van der Waals surface area contributed by atoms with Crippen LogP contribution in [0.2, 0.25) is 0 Å². The van der Waals surface area contributed by atoms with E-state index in [1.807, 2.05) is 36.4 Å². The van der Waals surface area contributed by atoms with Crippen molar-refractivity contribution >= 4 is 15.9 Å². The molecule has 1 heterocycles. The van der Waals surface area contributed by atoms with E-state index in [9.17, 15) is 0 Å². The predicted molar refractivity (Wildman–Crippen MR) is 89.4 cm³/mol. The summed E-state index contributed by atoms with van der Waals surface area (Å²) in [5, 5.41) is 3.37. The van der Waals surface area contributed by atoms with Crippen LogP contribution in [0.1, 0.15) is 30.8 Å². The highest BCUT2D eigenvalue weighted by Crippen LogP contribution is 2.26. The molecule has 21 heavy (non-hydrogen) atoms. The fourth-order valence-electron chi connectivity index (χ4n) is 1.89. The van der Waals surface area contributed by atoms with Gasteiger partial charge >= 0.3 is 0 Å². The van der Waals surface area contributed by atoms with Crippen LogP contribution in [-0.4, -0.2) is 11.0 Å². The Hall–Kier alpha value is -1.39. The third kappa shape index (κ3) is 5.14. The van der Waals surface area contributed by atoms with Gasteiger partial charge in [-0.15, -0.1) is 0 Å². The van der Waals surface area contributed by atoms with Gasteiger partial charge in [-0.05, 0) is 52.7 Å². The molecule has 1 aromatic heterocycles. The first-order valence-electron chi connectivity index (χ1n) is 7.12. The summed E-state index contributed by atoms with van der Waals surface area (Å²) in [6.07, 6.45) is 0. The van der Waals surface area contributed by atoms with Gasteiger partial charge in [-0.1, -0.05) is 26.0 Å². The molecule has 0 bridgehead atoms. The number of hydrogen-bond donors (Lipinski definition) is 1. The number of aromatic nitrogens is 1. The summed E-state index contributed by atoms with van der Waals surface area (Å²) in [4.78, 5) is 4.60. The molecule has 0 saturated heterocycles. The molecule has 0 amide bonds. The number of nitrogens with zero attached hydrogens (tertiary/aromatic N) is 1. The lowest BCUT2D eigenvalue weighted by Crippen LogP contribution is -2.22. The van der Waals surface area contributed by atoms with E-state index in [0.717, 1.165) is 28.2 Å². The molecule has 1 aromatic carbocycles. The van der Waals surface area contributed by atoms with Gasteiger partial charge in [0.25, 0.3) is 0 Å². The lowest BCUT2D eigenvalue weighted by Gasteiger charge is -2.10. The largest absolute Gasteiger partial charge is 0.486 e. The first-order chi connectivity index (χ1) is 10.0. The van der Waals surface area contributed by atoms with Crippen LogP contribution < -0.4 is 10.1 Å². The molecule has 0 aliphatic heterocycles. The van der Waals surface area contributed by atoms with Crippen molar-refractivity contribution < 1.29 is 4.74 Å². The topological polar surface area (TPSA) is 34.1 Å². The molecule has 112 valence electrons. The maximum atomic E-state index is 5.83. The number of aryl methyl sites for hydroxylation is 1. The van der Waals surface area contributed by atoms with Crippen LogP contribution in [0.3, 0.4) is 0 Å². The fourth-order valence-corrected chi connectivity index (χ4v) is 2.50. The van der Waals surface area contributed by atoms with E-state index in [2.05, 4.69) is 47.0 Å². The lowest BCUT2D eigenvalue weighted by atomic mass is 10.2. The SMILES string of the molecule is Cc1ccc(OCc2cccc(CNC(C)C)n2)c(Br)c1. The summed E-state index contributed by atoms with van der Waals surface area (Å²) in [5.74, 6) is 0.841. The van der Waals surface area contributed by atoms with Crippen molar-refractivity contribution in [3.05, 3.63) is 57.8 Å². The van der Waals surface area contributed by atoms with Gasteiger partial charge in [0.05, 0.1) is 15.9 Å². The smallest absolute Gasteiger partial charge is 0.134 e. The minimum absolute atomic E-state index is 0.454. The second kappa shape index (κ2) is 7.57. The van der Waals surface area contributed by atoms with Gasteiger partial charge in [-0.2, -0.15) is 0 Å². The second-order valence-corrected chi connectivity index (χ2v) is 6.23. The Labute approximate surface area is 134 Å². The van der Waals surface area contributed by atoms with Crippen LogP contribution >= 0.6 is 15.9 Å². The number of ether oxygens (including phenoxy) is 1. The van der Waals surface area contributed by atoms with E-state index in [1.165, 1.54) is 5.56 Å². The van der Waals surface area contributed by atoms with Gasteiger partial charge in [-0.25, -0.2) is 0 Å². The number of halogens is 1. The quantitative estimate of drug-likeness (QED) is 0.848. The zero-order valence-electron chi connectivity index (χ0n) is 12.7. The Morgan fingerprint density at radius 2 is 1.95 bits per heavy atom. The van der Waals surface area contributed by atoms with Crippen LogP contribution in [0, 0.1) is 6.92 Å². The lowest BCUT2D eigenvalue weighted by molar-refractivity contribution is 0.299. The van der Waals surface area contributed by atoms with Crippen LogP contribution in [0.25, 0.3) is 0 Å². The van der Waals surface area contributed by atoms with E-state index < -0.39 is 0 Å². The van der Waals surface area contributed by atoms with Gasteiger partial charge in [0, 0.05) is 12.6 Å². The van der Waals surface area contributed by atoms with Crippen LogP contribution in [-0.2, 0) is 13.2 Å². The fraction of sp³-hybridized carbons (Fsp3) is 0.353. The Morgan fingerprint density at radius 3 is 2.67 bits per heavy atom. The molecule has 0 radical (unpaired) electrons. The van der Waals surface area contributed by atoms with Crippen molar-refractivity contribution in [1.29, 1.82) is 0 Å². The molecule has 0 spiro atoms. The molecule has 0 saturated carbocycles. The Kier molecular flexibility index (Phi) is 5.76. The van der Waals surface area contributed by atoms with Crippen molar-refractivity contribution in [1.82, 2.24) is 10.3 Å². The molecule has 0 fully saturated rings. The van der Waals surface area contributed by atoms with Crippen molar-refractivity contribution in [2.75, 3.05) is 0 Å². The summed E-state index contributed by atoms with van der Waals surface area (Å²) < 4.78 is 6.80. The van der Waals surface area contributed by atoms with E-state index in [0.29, 0.717) is 12.6 Å². The average molecular weight is 349 g/mol. The highest BCUT2D eigenvalue weighted by atomic mass is 79.9. The molecule has 1 N–H and O–H groups in total. The van der Waals surface area contributed by atoms with Gasteiger partial charge in [-0.3, -0.25) is 4.98 Å². The van der Waals surface area contributed by atoms with Gasteiger partial charge < -0.3 is 10.1 Å². The molecule has 0 aliphatic carbocycles. The second-order valence-electron chi connectivity index (χ2n) is 5.38. The van der Waals surface area contributed by atoms with Gasteiger partial charge in [0.1, 0.15) is 12.4 Å². The third-order valence-electron chi connectivity index (χ3n) is 3.02. The summed E-state index contributed by atoms with van der Waals surface area (Å²) in [7, 11) is 0. The van der Waals surface area contributed by atoms with Crippen molar-refractivity contribution in [3.63, 3.8) is 0 Å². The van der Waals surface area contributed by atoms with Crippen molar-refractivity contribution in [2.24, 2.45) is 0 Å². The minimum atomic E-state index is 0.454. The van der Waals surface area contributed by atoms with Crippen LogP contribution in [0.15, 0.2) is 40.9 Å². The first-order valence-corrected chi connectivity index (χ1v) is 7.91. The molecular weight excluding hydrogens is 328 g/mol. The zero-order valence-corrected chi connectivity index (χ0v) is 14.3. The highest BCUT2D eigenvalue weighted by molar-refractivity contribution is 9.10.